The van der Waals surface area contributed by atoms with Crippen molar-refractivity contribution < 1.29 is 0 Å². The average Bonchev–Trinajstić information content (AvgIpc) is 1.88. The van der Waals surface area contributed by atoms with Crippen LogP contribution in [0.3, 0.4) is 0 Å². The van der Waals surface area contributed by atoms with Gasteiger partial charge in [-0.1, -0.05) is 13.8 Å². The van der Waals surface area contributed by atoms with Gasteiger partial charge in [0, 0.05) is 19.5 Å². The van der Waals surface area contributed by atoms with E-state index >= 15 is 0 Å². The molecule has 1 aliphatic heterocycles. The molecule has 56 valence electrons. The maximum absolute atomic E-state index is 4.32. The van der Waals surface area contributed by atoms with Gasteiger partial charge in [0.15, 0.2) is 0 Å². The topological polar surface area (TPSA) is 15.6 Å². The molecule has 0 N–H and O–H groups in total. The number of hydrogen-bond acceptors (Lipinski definition) is 2. The van der Waals surface area contributed by atoms with E-state index in [0.717, 1.165) is 0 Å². The van der Waals surface area contributed by atoms with Crippen molar-refractivity contribution in [3.63, 3.8) is 0 Å². The molecule has 0 bridgehead atoms. The Balaban J connectivity index is 2.61. The van der Waals surface area contributed by atoms with Crippen molar-refractivity contribution in [1.82, 2.24) is 4.90 Å². The molecule has 10 heavy (non-hydrogen) atoms. The lowest BCUT2D eigenvalue weighted by atomic mass is 10.1. The zero-order valence-corrected chi connectivity index (χ0v) is 6.78. The fourth-order valence-electron chi connectivity index (χ4n) is 1.15. The lowest BCUT2D eigenvalue weighted by Crippen LogP contribution is -2.31. The first-order chi connectivity index (χ1) is 4.72. The van der Waals surface area contributed by atoms with Crippen LogP contribution in [0.25, 0.3) is 0 Å². The smallest absolute Gasteiger partial charge is 0.122 e. The van der Waals surface area contributed by atoms with Gasteiger partial charge >= 0.3 is 0 Å². The van der Waals surface area contributed by atoms with Crippen molar-refractivity contribution >= 4 is 6.21 Å². The Morgan fingerprint density at radius 2 is 2.20 bits per heavy atom. The third-order valence-electron chi connectivity index (χ3n) is 1.66. The SMILES string of the molecule is CC(C)C1N=CC=CN1C. The third-order valence-corrected chi connectivity index (χ3v) is 1.66. The predicted molar refractivity (Wildman–Crippen MR) is 44.0 cm³/mol. The second kappa shape index (κ2) is 2.86. The third kappa shape index (κ3) is 1.38. The molecule has 1 aliphatic rings. The Labute approximate surface area is 62.3 Å². The number of aliphatic imine (C=N–C) groups is 1. The Bertz CT molecular complexity index is 159. The van der Waals surface area contributed by atoms with E-state index in [1.54, 1.807) is 0 Å². The van der Waals surface area contributed by atoms with Crippen LogP contribution < -0.4 is 0 Å². The maximum Gasteiger partial charge on any atom is 0.122 e. The van der Waals surface area contributed by atoms with Crippen molar-refractivity contribution in [2.75, 3.05) is 7.05 Å². The van der Waals surface area contributed by atoms with Crippen LogP contribution in [-0.2, 0) is 0 Å². The van der Waals surface area contributed by atoms with E-state index in [-0.39, 0.29) is 0 Å². The summed E-state index contributed by atoms with van der Waals surface area (Å²) in [4.78, 5) is 6.45. The van der Waals surface area contributed by atoms with E-state index in [1.807, 2.05) is 12.3 Å². The van der Waals surface area contributed by atoms with Gasteiger partial charge in [-0.2, -0.15) is 0 Å². The average molecular weight is 138 g/mol. The van der Waals surface area contributed by atoms with Crippen LogP contribution in [-0.4, -0.2) is 24.3 Å². The van der Waals surface area contributed by atoms with Gasteiger partial charge in [0.05, 0.1) is 0 Å². The number of rotatable bonds is 1. The van der Waals surface area contributed by atoms with Gasteiger partial charge in [0.1, 0.15) is 6.17 Å². The molecule has 1 rings (SSSR count). The van der Waals surface area contributed by atoms with Gasteiger partial charge < -0.3 is 4.90 Å². The number of nitrogens with zero attached hydrogens (tertiary/aromatic N) is 2. The molecule has 0 aliphatic carbocycles. The Morgan fingerprint density at radius 3 is 2.60 bits per heavy atom. The second-order valence-electron chi connectivity index (χ2n) is 2.96. The van der Waals surface area contributed by atoms with Crippen LogP contribution in [0.5, 0.6) is 0 Å². The highest BCUT2D eigenvalue weighted by molar-refractivity contribution is 5.71. The largest absolute Gasteiger partial charge is 0.359 e. The molecule has 1 heterocycles. The van der Waals surface area contributed by atoms with Crippen LogP contribution in [0.2, 0.25) is 0 Å². The summed E-state index contributed by atoms with van der Waals surface area (Å²) in [6, 6.07) is 0. The molecule has 0 amide bonds. The van der Waals surface area contributed by atoms with E-state index < -0.39 is 0 Å². The van der Waals surface area contributed by atoms with Crippen molar-refractivity contribution in [2.45, 2.75) is 20.0 Å². The molecular weight excluding hydrogens is 124 g/mol. The van der Waals surface area contributed by atoms with Crippen molar-refractivity contribution in [3.05, 3.63) is 12.3 Å². The summed E-state index contributed by atoms with van der Waals surface area (Å²) in [5.41, 5.74) is 0. The zero-order valence-electron chi connectivity index (χ0n) is 6.78. The molecule has 0 radical (unpaired) electrons. The van der Waals surface area contributed by atoms with Gasteiger partial charge in [0.2, 0.25) is 0 Å². The summed E-state index contributed by atoms with van der Waals surface area (Å²) in [5.74, 6) is 0.589. The molecule has 0 saturated carbocycles. The second-order valence-corrected chi connectivity index (χ2v) is 2.96. The first kappa shape index (κ1) is 7.32. The van der Waals surface area contributed by atoms with Crippen LogP contribution in [0, 0.1) is 5.92 Å². The predicted octanol–water partition coefficient (Wildman–Crippen LogP) is 1.50. The Kier molecular flexibility index (Phi) is 2.10. The molecule has 0 spiro atoms. The van der Waals surface area contributed by atoms with Gasteiger partial charge in [-0.3, -0.25) is 4.99 Å². The van der Waals surface area contributed by atoms with Gasteiger partial charge in [0.25, 0.3) is 0 Å². The van der Waals surface area contributed by atoms with Crippen LogP contribution in [0.1, 0.15) is 13.8 Å². The molecule has 1 unspecified atom stereocenters. The van der Waals surface area contributed by atoms with E-state index in [9.17, 15) is 0 Å². The zero-order chi connectivity index (χ0) is 7.56. The number of allylic oxidation sites excluding steroid dienone is 1. The van der Waals surface area contributed by atoms with E-state index in [1.165, 1.54) is 0 Å². The van der Waals surface area contributed by atoms with Gasteiger partial charge in [-0.15, -0.1) is 0 Å². The van der Waals surface area contributed by atoms with Crippen molar-refractivity contribution in [1.29, 1.82) is 0 Å². The Morgan fingerprint density at radius 1 is 1.50 bits per heavy atom. The Hall–Kier alpha value is -0.790. The molecule has 0 aromatic carbocycles. The van der Waals surface area contributed by atoms with Crippen LogP contribution in [0.15, 0.2) is 17.3 Å². The van der Waals surface area contributed by atoms with Crippen LogP contribution in [0.4, 0.5) is 0 Å². The molecule has 1 atom stereocenters. The molecule has 0 fully saturated rings. The monoisotopic (exact) mass is 138 g/mol. The summed E-state index contributed by atoms with van der Waals surface area (Å²) < 4.78 is 0. The highest BCUT2D eigenvalue weighted by Gasteiger charge is 2.14. The summed E-state index contributed by atoms with van der Waals surface area (Å²) in [6.45, 7) is 4.36. The maximum atomic E-state index is 4.32. The molecule has 0 aromatic rings. The highest BCUT2D eigenvalue weighted by Crippen LogP contribution is 2.12. The summed E-state index contributed by atoms with van der Waals surface area (Å²) in [6.07, 6.45) is 6.21. The standard InChI is InChI=1S/C8H14N2/c1-7(2)8-9-5-4-6-10(8)3/h4-8H,1-3H3. The minimum atomic E-state index is 0.338. The molecule has 2 nitrogen and oxygen atoms in total. The minimum absolute atomic E-state index is 0.338. The lowest BCUT2D eigenvalue weighted by Gasteiger charge is -2.28. The van der Waals surface area contributed by atoms with Gasteiger partial charge in [-0.25, -0.2) is 0 Å². The normalized spacial score (nSPS) is 24.4. The quantitative estimate of drug-likeness (QED) is 0.536. The minimum Gasteiger partial charge on any atom is -0.359 e. The van der Waals surface area contributed by atoms with E-state index in [4.69, 9.17) is 0 Å². The van der Waals surface area contributed by atoms with Crippen molar-refractivity contribution in [2.24, 2.45) is 10.9 Å². The fourth-order valence-corrected chi connectivity index (χ4v) is 1.15. The fraction of sp³-hybridized carbons (Fsp3) is 0.625. The highest BCUT2D eigenvalue weighted by atomic mass is 15.2. The van der Waals surface area contributed by atoms with Gasteiger partial charge in [-0.05, 0) is 12.0 Å². The molecular formula is C8H14N2. The first-order valence-corrected chi connectivity index (χ1v) is 3.63. The molecule has 2 heteroatoms. The van der Waals surface area contributed by atoms with E-state index in [2.05, 4.69) is 37.0 Å². The summed E-state index contributed by atoms with van der Waals surface area (Å²) in [7, 11) is 2.05. The van der Waals surface area contributed by atoms with Crippen LogP contribution >= 0.6 is 0 Å². The van der Waals surface area contributed by atoms with Crippen molar-refractivity contribution in [3.8, 4) is 0 Å². The van der Waals surface area contributed by atoms with E-state index in [0.29, 0.717) is 12.1 Å². The summed E-state index contributed by atoms with van der Waals surface area (Å²) in [5, 5.41) is 0. The molecule has 0 saturated heterocycles. The first-order valence-electron chi connectivity index (χ1n) is 3.63. The number of hydrogen-bond donors (Lipinski definition) is 0. The lowest BCUT2D eigenvalue weighted by molar-refractivity contribution is 0.266. The summed E-state index contributed by atoms with van der Waals surface area (Å²) >= 11 is 0. The molecule has 0 aromatic heterocycles.